The maximum Gasteiger partial charge on any atom is 0.312 e. The topological polar surface area (TPSA) is 81.5 Å². The number of ketones is 1. The van der Waals surface area contributed by atoms with E-state index in [4.69, 9.17) is 16.3 Å². The Hall–Kier alpha value is -3.04. The molecular weight excluding hydrogens is 469 g/mol. The molecule has 1 saturated heterocycles. The molecule has 0 saturated carbocycles. The molecule has 3 heterocycles. The van der Waals surface area contributed by atoms with Crippen molar-refractivity contribution in [3.05, 3.63) is 63.1 Å². The molecule has 172 valence electrons. The molecule has 1 fully saturated rings. The van der Waals surface area contributed by atoms with Gasteiger partial charge in [-0.2, -0.15) is 0 Å². The van der Waals surface area contributed by atoms with Gasteiger partial charge in [0.1, 0.15) is 5.82 Å². The zero-order chi connectivity index (χ0) is 23.7. The van der Waals surface area contributed by atoms with E-state index in [-0.39, 0.29) is 23.1 Å². The molecule has 7 nitrogen and oxygen atoms in total. The first kappa shape index (κ1) is 23.1. The van der Waals surface area contributed by atoms with E-state index in [2.05, 4.69) is 4.98 Å². The van der Waals surface area contributed by atoms with E-state index in [1.807, 2.05) is 6.92 Å². The van der Waals surface area contributed by atoms with Crippen LogP contribution in [0.3, 0.4) is 0 Å². The van der Waals surface area contributed by atoms with Gasteiger partial charge in [-0.15, -0.1) is 11.3 Å². The highest BCUT2D eigenvalue weighted by Gasteiger charge is 2.25. The number of thiazole rings is 1. The molecule has 0 aliphatic carbocycles. The average Bonchev–Trinajstić information content (AvgIpc) is 3.47. The summed E-state index contributed by atoms with van der Waals surface area (Å²) < 4.78 is 20.5. The molecule has 0 radical (unpaired) electrons. The minimum Gasteiger partial charge on any atom is -0.457 e. The average molecular weight is 490 g/mol. The minimum atomic E-state index is -0.577. The first-order valence-corrected chi connectivity index (χ1v) is 11.6. The van der Waals surface area contributed by atoms with Gasteiger partial charge in [-0.25, -0.2) is 9.37 Å². The van der Waals surface area contributed by atoms with Crippen LogP contribution in [0.4, 0.5) is 9.52 Å². The standard InChI is InChI=1S/C23H21ClFN3O4S/c1-13-8-17(14(2)28(13)16-5-6-19(25)18(24)10-16)20(29)11-32-22(31)9-15-12-33-23(26-15)27-7-3-4-21(27)30/h5-6,8,10,12H,3-4,7,9,11H2,1-2H3. The largest absolute Gasteiger partial charge is 0.457 e. The molecule has 0 N–H and O–H groups in total. The maximum absolute atomic E-state index is 13.5. The van der Waals surface area contributed by atoms with Crippen LogP contribution in [0.15, 0.2) is 29.6 Å². The summed E-state index contributed by atoms with van der Waals surface area (Å²) in [6.45, 7) is 3.80. The highest BCUT2D eigenvalue weighted by molar-refractivity contribution is 7.14. The number of anilines is 1. The first-order chi connectivity index (χ1) is 15.7. The molecule has 33 heavy (non-hydrogen) atoms. The lowest BCUT2D eigenvalue weighted by Gasteiger charge is -2.11. The highest BCUT2D eigenvalue weighted by atomic mass is 35.5. The molecule has 0 spiro atoms. The van der Waals surface area contributed by atoms with Gasteiger partial charge in [0.2, 0.25) is 11.7 Å². The monoisotopic (exact) mass is 489 g/mol. The molecule has 1 aromatic carbocycles. The number of ether oxygens (including phenoxy) is 1. The Balaban J connectivity index is 1.39. The molecule has 1 aliphatic rings. The quantitative estimate of drug-likeness (QED) is 0.362. The van der Waals surface area contributed by atoms with Gasteiger partial charge in [-0.05, 0) is 44.5 Å². The third-order valence-electron chi connectivity index (χ3n) is 5.43. The van der Waals surface area contributed by atoms with Crippen LogP contribution >= 0.6 is 22.9 Å². The van der Waals surface area contributed by atoms with Crippen LogP contribution in [0, 0.1) is 19.7 Å². The molecule has 0 bridgehead atoms. The lowest BCUT2D eigenvalue weighted by atomic mass is 10.1. The summed E-state index contributed by atoms with van der Waals surface area (Å²) in [5.74, 6) is -1.42. The third kappa shape index (κ3) is 4.84. The number of benzene rings is 1. The molecule has 10 heteroatoms. The summed E-state index contributed by atoms with van der Waals surface area (Å²) in [5, 5.41) is 2.27. The van der Waals surface area contributed by atoms with Crippen molar-refractivity contribution < 1.29 is 23.5 Å². The van der Waals surface area contributed by atoms with E-state index >= 15 is 0 Å². The second-order valence-electron chi connectivity index (χ2n) is 7.75. The SMILES string of the molecule is Cc1cc(C(=O)COC(=O)Cc2csc(N3CCCC3=O)n2)c(C)n1-c1ccc(F)c(Cl)c1. The van der Waals surface area contributed by atoms with E-state index in [1.54, 1.807) is 33.9 Å². The number of hydrogen-bond acceptors (Lipinski definition) is 6. The lowest BCUT2D eigenvalue weighted by Crippen LogP contribution is -2.23. The van der Waals surface area contributed by atoms with Crippen molar-refractivity contribution in [3.63, 3.8) is 0 Å². The van der Waals surface area contributed by atoms with E-state index < -0.39 is 18.4 Å². The van der Waals surface area contributed by atoms with Crippen molar-refractivity contribution >= 4 is 45.7 Å². The second-order valence-corrected chi connectivity index (χ2v) is 8.99. The third-order valence-corrected chi connectivity index (χ3v) is 6.63. The molecule has 1 amide bonds. The molecule has 3 aromatic rings. The van der Waals surface area contributed by atoms with Crippen LogP contribution in [0.5, 0.6) is 0 Å². The number of hydrogen-bond donors (Lipinski definition) is 0. The molecule has 1 aliphatic heterocycles. The van der Waals surface area contributed by atoms with Crippen LogP contribution < -0.4 is 4.90 Å². The second kappa shape index (κ2) is 9.44. The van der Waals surface area contributed by atoms with Crippen molar-refractivity contribution in [1.29, 1.82) is 0 Å². The Morgan fingerprint density at radius 1 is 1.27 bits per heavy atom. The number of aromatic nitrogens is 2. The summed E-state index contributed by atoms with van der Waals surface area (Å²) in [6, 6.07) is 6.03. The number of esters is 1. The minimum absolute atomic E-state index is 0.0129. The van der Waals surface area contributed by atoms with Crippen LogP contribution in [-0.4, -0.2) is 40.4 Å². The maximum atomic E-state index is 13.5. The van der Waals surface area contributed by atoms with Crippen LogP contribution in [0.1, 0.15) is 40.3 Å². The van der Waals surface area contributed by atoms with E-state index in [9.17, 15) is 18.8 Å². The summed E-state index contributed by atoms with van der Waals surface area (Å²) in [6.07, 6.45) is 1.22. The number of aryl methyl sites for hydroxylation is 1. The fraction of sp³-hybridized carbons (Fsp3) is 0.304. The molecule has 4 rings (SSSR count). The predicted molar refractivity (Wildman–Crippen MR) is 123 cm³/mol. The van der Waals surface area contributed by atoms with Gasteiger partial charge in [-0.1, -0.05) is 11.6 Å². The fourth-order valence-electron chi connectivity index (χ4n) is 3.84. The van der Waals surface area contributed by atoms with Crippen molar-refractivity contribution in [1.82, 2.24) is 9.55 Å². The van der Waals surface area contributed by atoms with E-state index in [1.165, 1.54) is 23.5 Å². The van der Waals surface area contributed by atoms with Gasteiger partial charge >= 0.3 is 5.97 Å². The van der Waals surface area contributed by atoms with Gasteiger partial charge in [0.15, 0.2) is 11.7 Å². The van der Waals surface area contributed by atoms with Crippen molar-refractivity contribution in [2.45, 2.75) is 33.1 Å². The van der Waals surface area contributed by atoms with Gasteiger partial charge in [0.25, 0.3) is 0 Å². The number of Topliss-reactive ketones (excluding diaryl/α,β-unsaturated/α-hetero) is 1. The van der Waals surface area contributed by atoms with Crippen molar-refractivity contribution in [2.75, 3.05) is 18.1 Å². The Bertz CT molecular complexity index is 1250. The Labute approximate surface area is 198 Å². The number of carbonyl (C=O) groups excluding carboxylic acids is 3. The van der Waals surface area contributed by atoms with Crippen LogP contribution in [0.2, 0.25) is 5.02 Å². The van der Waals surface area contributed by atoms with Crippen LogP contribution in [-0.2, 0) is 20.7 Å². The number of nitrogens with zero attached hydrogens (tertiary/aromatic N) is 3. The fourth-order valence-corrected chi connectivity index (χ4v) is 4.88. The van der Waals surface area contributed by atoms with Crippen molar-refractivity contribution in [2.24, 2.45) is 0 Å². The number of rotatable bonds is 7. The Kier molecular flexibility index (Phi) is 6.62. The zero-order valence-corrected chi connectivity index (χ0v) is 19.6. The summed E-state index contributed by atoms with van der Waals surface area (Å²) in [4.78, 5) is 42.8. The van der Waals surface area contributed by atoms with Gasteiger partial charge in [0, 0.05) is 41.0 Å². The van der Waals surface area contributed by atoms with E-state index in [0.29, 0.717) is 40.7 Å². The Morgan fingerprint density at radius 3 is 2.76 bits per heavy atom. The zero-order valence-electron chi connectivity index (χ0n) is 18.1. The van der Waals surface area contributed by atoms with Gasteiger partial charge in [0.05, 0.1) is 17.1 Å². The van der Waals surface area contributed by atoms with E-state index in [0.717, 1.165) is 12.1 Å². The van der Waals surface area contributed by atoms with Gasteiger partial charge < -0.3 is 9.30 Å². The molecule has 0 atom stereocenters. The van der Waals surface area contributed by atoms with Crippen molar-refractivity contribution in [3.8, 4) is 5.69 Å². The lowest BCUT2D eigenvalue weighted by molar-refractivity contribution is -0.141. The molecule has 0 unspecified atom stereocenters. The van der Waals surface area contributed by atoms with Crippen LogP contribution in [0.25, 0.3) is 5.69 Å². The number of carbonyl (C=O) groups is 3. The first-order valence-electron chi connectivity index (χ1n) is 10.3. The van der Waals surface area contributed by atoms with Gasteiger partial charge in [-0.3, -0.25) is 19.3 Å². The number of halogens is 2. The summed E-state index contributed by atoms with van der Waals surface area (Å²) >= 11 is 7.20. The highest BCUT2D eigenvalue weighted by Crippen LogP contribution is 2.26. The molecule has 2 aromatic heterocycles. The number of amides is 1. The summed E-state index contributed by atoms with van der Waals surface area (Å²) in [5.41, 5.74) is 2.93. The predicted octanol–water partition coefficient (Wildman–Crippen LogP) is 4.44. The summed E-state index contributed by atoms with van der Waals surface area (Å²) in [7, 11) is 0. The molecular formula is C23H21ClFN3O4S. The Morgan fingerprint density at radius 2 is 2.06 bits per heavy atom. The normalized spacial score (nSPS) is 13.6. The smallest absolute Gasteiger partial charge is 0.312 e.